The maximum atomic E-state index is 13.0. The van der Waals surface area contributed by atoms with Gasteiger partial charge in [0.05, 0.1) is 0 Å². The first kappa shape index (κ1) is 19.7. The quantitative estimate of drug-likeness (QED) is 0.704. The van der Waals surface area contributed by atoms with Crippen LogP contribution in [0.4, 0.5) is 0 Å². The van der Waals surface area contributed by atoms with Crippen LogP contribution in [-0.4, -0.2) is 46.8 Å². The lowest BCUT2D eigenvalue weighted by Gasteiger charge is -2.37. The van der Waals surface area contributed by atoms with Crippen LogP contribution in [0.3, 0.4) is 0 Å². The van der Waals surface area contributed by atoms with Crippen molar-refractivity contribution in [1.29, 1.82) is 0 Å². The summed E-state index contributed by atoms with van der Waals surface area (Å²) in [5.41, 5.74) is 0. The van der Waals surface area contributed by atoms with Gasteiger partial charge in [-0.1, -0.05) is 25.7 Å². The van der Waals surface area contributed by atoms with Gasteiger partial charge in [0.2, 0.25) is 11.8 Å². The smallest absolute Gasteiger partial charge is 0.225 e. The van der Waals surface area contributed by atoms with Gasteiger partial charge in [-0.2, -0.15) is 0 Å². The van der Waals surface area contributed by atoms with Crippen molar-refractivity contribution >= 4 is 11.8 Å². The molecule has 4 nitrogen and oxygen atoms in total. The Hall–Kier alpha value is -1.06. The minimum absolute atomic E-state index is 0.154. The van der Waals surface area contributed by atoms with Crippen LogP contribution >= 0.6 is 0 Å². The minimum Gasteiger partial charge on any atom is -0.340 e. The van der Waals surface area contributed by atoms with Crippen molar-refractivity contribution in [2.24, 2.45) is 11.8 Å². The Balaban J connectivity index is 1.52. The van der Waals surface area contributed by atoms with Crippen molar-refractivity contribution in [2.45, 2.75) is 103 Å². The zero-order valence-electron chi connectivity index (χ0n) is 16.9. The van der Waals surface area contributed by atoms with E-state index in [2.05, 4.69) is 23.6 Å². The molecule has 0 spiro atoms. The van der Waals surface area contributed by atoms with Crippen LogP contribution in [-0.2, 0) is 9.59 Å². The van der Waals surface area contributed by atoms with Crippen LogP contribution < -0.4 is 0 Å². The molecule has 148 valence electrons. The number of carbonyl (C=O) groups excluding carboxylic acids is 2. The second-order valence-electron chi connectivity index (χ2n) is 8.67. The van der Waals surface area contributed by atoms with E-state index in [9.17, 15) is 9.59 Å². The normalized spacial score (nSPS) is 27.6. The minimum atomic E-state index is 0.154. The van der Waals surface area contributed by atoms with Gasteiger partial charge in [-0.05, 0) is 65.2 Å². The lowest BCUT2D eigenvalue weighted by Crippen LogP contribution is -2.46. The molecule has 0 saturated heterocycles. The standard InChI is InChI=1S/C22H38N2O2/c1-3-23(19-9-5-6-10-19)21(25)17-13-15-18(16-14-17)22(26)24(4-2)20-11-7-8-12-20/h17-20H,3-16H2,1-2H3. The summed E-state index contributed by atoms with van der Waals surface area (Å²) in [6, 6.07) is 0.953. The number of carbonyl (C=O) groups is 2. The first-order valence-electron chi connectivity index (χ1n) is 11.3. The molecule has 0 atom stereocenters. The van der Waals surface area contributed by atoms with E-state index in [4.69, 9.17) is 0 Å². The third-order valence-corrected chi connectivity index (χ3v) is 7.20. The van der Waals surface area contributed by atoms with Crippen LogP contribution in [0.1, 0.15) is 90.9 Å². The van der Waals surface area contributed by atoms with E-state index in [1.54, 1.807) is 0 Å². The molecule has 2 amide bonds. The molecule has 3 aliphatic carbocycles. The van der Waals surface area contributed by atoms with Gasteiger partial charge in [0.1, 0.15) is 0 Å². The molecule has 0 aliphatic heterocycles. The molecule has 26 heavy (non-hydrogen) atoms. The topological polar surface area (TPSA) is 40.6 Å². The number of amides is 2. The molecule has 3 fully saturated rings. The zero-order valence-corrected chi connectivity index (χ0v) is 16.9. The molecule has 0 aromatic carbocycles. The third-order valence-electron chi connectivity index (χ3n) is 7.20. The predicted molar refractivity (Wildman–Crippen MR) is 105 cm³/mol. The average molecular weight is 363 g/mol. The van der Waals surface area contributed by atoms with Gasteiger partial charge < -0.3 is 9.80 Å². The van der Waals surface area contributed by atoms with E-state index < -0.39 is 0 Å². The number of hydrogen-bond acceptors (Lipinski definition) is 2. The van der Waals surface area contributed by atoms with Crippen LogP contribution in [0, 0.1) is 11.8 Å². The van der Waals surface area contributed by atoms with Gasteiger partial charge in [-0.15, -0.1) is 0 Å². The van der Waals surface area contributed by atoms with Crippen LogP contribution in [0.15, 0.2) is 0 Å². The number of nitrogens with zero attached hydrogens (tertiary/aromatic N) is 2. The number of rotatable bonds is 6. The molecule has 0 aromatic heterocycles. The van der Waals surface area contributed by atoms with Crippen molar-refractivity contribution in [3.05, 3.63) is 0 Å². The van der Waals surface area contributed by atoms with Crippen LogP contribution in [0.5, 0.6) is 0 Å². The van der Waals surface area contributed by atoms with Crippen molar-refractivity contribution in [1.82, 2.24) is 9.80 Å². The largest absolute Gasteiger partial charge is 0.340 e. The predicted octanol–water partition coefficient (Wildman–Crippen LogP) is 4.38. The highest BCUT2D eigenvalue weighted by Crippen LogP contribution is 2.34. The highest BCUT2D eigenvalue weighted by atomic mass is 16.2. The van der Waals surface area contributed by atoms with Gasteiger partial charge >= 0.3 is 0 Å². The average Bonchev–Trinajstić information content (AvgIpc) is 3.37. The summed E-state index contributed by atoms with van der Waals surface area (Å²) < 4.78 is 0. The van der Waals surface area contributed by atoms with Crippen molar-refractivity contribution in [3.8, 4) is 0 Å². The Morgan fingerprint density at radius 3 is 1.19 bits per heavy atom. The fourth-order valence-corrected chi connectivity index (χ4v) is 5.68. The highest BCUT2D eigenvalue weighted by Gasteiger charge is 2.37. The summed E-state index contributed by atoms with van der Waals surface area (Å²) >= 11 is 0. The first-order chi connectivity index (χ1) is 12.7. The third kappa shape index (κ3) is 4.26. The van der Waals surface area contributed by atoms with Crippen molar-refractivity contribution in [2.75, 3.05) is 13.1 Å². The maximum absolute atomic E-state index is 13.0. The van der Waals surface area contributed by atoms with Crippen LogP contribution in [0.2, 0.25) is 0 Å². The van der Waals surface area contributed by atoms with Crippen molar-refractivity contribution in [3.63, 3.8) is 0 Å². The molecular weight excluding hydrogens is 324 g/mol. The van der Waals surface area contributed by atoms with E-state index in [0.29, 0.717) is 23.9 Å². The van der Waals surface area contributed by atoms with Crippen molar-refractivity contribution < 1.29 is 9.59 Å². The Bertz CT molecular complexity index is 429. The lowest BCUT2D eigenvalue weighted by atomic mass is 9.80. The highest BCUT2D eigenvalue weighted by molar-refractivity contribution is 5.81. The molecule has 0 bridgehead atoms. The molecule has 3 aliphatic rings. The molecule has 0 aromatic rings. The fourth-order valence-electron chi connectivity index (χ4n) is 5.68. The molecular formula is C22H38N2O2. The summed E-state index contributed by atoms with van der Waals surface area (Å²) in [5.74, 6) is 1.05. The van der Waals surface area contributed by atoms with E-state index >= 15 is 0 Å². The monoisotopic (exact) mass is 362 g/mol. The van der Waals surface area contributed by atoms with Gasteiger partial charge in [-0.25, -0.2) is 0 Å². The molecule has 3 rings (SSSR count). The van der Waals surface area contributed by atoms with Gasteiger partial charge in [0.15, 0.2) is 0 Å². The van der Waals surface area contributed by atoms with E-state index in [-0.39, 0.29) is 11.8 Å². The maximum Gasteiger partial charge on any atom is 0.225 e. The Labute approximate surface area is 159 Å². The Morgan fingerprint density at radius 1 is 0.615 bits per heavy atom. The number of hydrogen-bond donors (Lipinski definition) is 0. The summed E-state index contributed by atoms with van der Waals surface area (Å²) in [6.45, 7) is 5.92. The molecule has 4 heteroatoms. The second-order valence-corrected chi connectivity index (χ2v) is 8.67. The van der Waals surface area contributed by atoms with Gasteiger partial charge in [-0.3, -0.25) is 9.59 Å². The molecule has 3 saturated carbocycles. The SMILES string of the molecule is CCN(C(=O)C1CCC(C(=O)N(CC)C2CCCC2)CC1)C1CCCC1. The van der Waals surface area contributed by atoms with E-state index in [1.165, 1.54) is 51.4 Å². The second kappa shape index (κ2) is 9.23. The molecule has 0 heterocycles. The molecule has 0 unspecified atom stereocenters. The lowest BCUT2D eigenvalue weighted by molar-refractivity contribution is -0.143. The summed E-state index contributed by atoms with van der Waals surface area (Å²) in [5, 5.41) is 0. The summed E-state index contributed by atoms with van der Waals surface area (Å²) in [6.07, 6.45) is 13.4. The summed E-state index contributed by atoms with van der Waals surface area (Å²) in [7, 11) is 0. The Kier molecular flexibility index (Phi) is 6.99. The van der Waals surface area contributed by atoms with Crippen LogP contribution in [0.25, 0.3) is 0 Å². The van der Waals surface area contributed by atoms with E-state index in [0.717, 1.165) is 38.8 Å². The van der Waals surface area contributed by atoms with Gasteiger partial charge in [0.25, 0.3) is 0 Å². The van der Waals surface area contributed by atoms with E-state index in [1.807, 2.05) is 0 Å². The summed E-state index contributed by atoms with van der Waals surface area (Å²) in [4.78, 5) is 30.3. The zero-order chi connectivity index (χ0) is 18.5. The fraction of sp³-hybridized carbons (Fsp3) is 0.909. The van der Waals surface area contributed by atoms with Gasteiger partial charge in [0, 0.05) is 37.0 Å². The Morgan fingerprint density at radius 2 is 0.923 bits per heavy atom. The molecule has 0 radical (unpaired) electrons. The first-order valence-corrected chi connectivity index (χ1v) is 11.3. The molecule has 0 N–H and O–H groups in total.